The van der Waals surface area contributed by atoms with Gasteiger partial charge in [0.25, 0.3) is 0 Å². The summed E-state index contributed by atoms with van der Waals surface area (Å²) in [4.78, 5) is 3.49. The van der Waals surface area contributed by atoms with Crippen molar-refractivity contribution in [2.45, 2.75) is 35.4 Å². The summed E-state index contributed by atoms with van der Waals surface area (Å²) in [6.45, 7) is 2.93. The average molecular weight is 459 g/mol. The van der Waals surface area contributed by atoms with E-state index in [9.17, 15) is 21.6 Å². The molecule has 2 aromatic rings. The average Bonchev–Trinajstić information content (AvgIpc) is 2.73. The molecule has 1 heterocycles. The summed E-state index contributed by atoms with van der Waals surface area (Å²) in [6, 6.07) is 11.9. The number of thioether (sulfide) groups is 1. The van der Waals surface area contributed by atoms with Gasteiger partial charge in [-0.05, 0) is 74.0 Å². The number of benzene rings is 2. The number of sulfonamides is 1. The molecule has 1 aliphatic rings. The Balaban J connectivity index is 1.50. The minimum atomic E-state index is -4.49. The Labute approximate surface area is 179 Å². The molecule has 3 rings (SSSR count). The van der Waals surface area contributed by atoms with Crippen LogP contribution in [-0.2, 0) is 22.7 Å². The SMILES string of the molecule is CSc1ccccc1CN1CCC(CNS(=O)(=O)c2ccc(C(F)(F)F)cc2)CC1. The van der Waals surface area contributed by atoms with Crippen molar-refractivity contribution < 1.29 is 21.6 Å². The number of alkyl halides is 3. The molecule has 0 saturated carbocycles. The second-order valence-electron chi connectivity index (χ2n) is 7.41. The van der Waals surface area contributed by atoms with E-state index in [0.717, 1.165) is 56.7 Å². The van der Waals surface area contributed by atoms with Crippen LogP contribution >= 0.6 is 11.8 Å². The summed E-state index contributed by atoms with van der Waals surface area (Å²) in [5.74, 6) is 0.210. The van der Waals surface area contributed by atoms with Crippen molar-refractivity contribution in [3.8, 4) is 0 Å². The smallest absolute Gasteiger partial charge is 0.299 e. The lowest BCUT2D eigenvalue weighted by molar-refractivity contribution is -0.137. The fraction of sp³-hybridized carbons (Fsp3) is 0.429. The van der Waals surface area contributed by atoms with Crippen molar-refractivity contribution in [3.05, 3.63) is 59.7 Å². The third-order valence-corrected chi connectivity index (χ3v) is 7.63. The predicted octanol–water partition coefficient (Wildman–Crippen LogP) is 4.62. The molecule has 0 unspecified atom stereocenters. The van der Waals surface area contributed by atoms with Gasteiger partial charge in [0, 0.05) is 18.0 Å². The van der Waals surface area contributed by atoms with Crippen molar-refractivity contribution in [1.29, 1.82) is 0 Å². The molecule has 30 heavy (non-hydrogen) atoms. The zero-order valence-corrected chi connectivity index (χ0v) is 18.3. The lowest BCUT2D eigenvalue weighted by Crippen LogP contribution is -2.38. The van der Waals surface area contributed by atoms with E-state index in [-0.39, 0.29) is 10.8 Å². The highest BCUT2D eigenvalue weighted by Crippen LogP contribution is 2.30. The summed E-state index contributed by atoms with van der Waals surface area (Å²) >= 11 is 1.73. The normalized spacial score (nSPS) is 16.7. The van der Waals surface area contributed by atoms with Gasteiger partial charge in [-0.15, -0.1) is 11.8 Å². The standard InChI is InChI=1S/C21H25F3N2O2S2/c1-29-20-5-3-2-4-17(20)15-26-12-10-16(11-13-26)14-25-30(27,28)19-8-6-18(7-9-19)21(22,23)24/h2-9,16,25H,10-15H2,1H3. The van der Waals surface area contributed by atoms with Crippen LogP contribution in [0.25, 0.3) is 0 Å². The Morgan fingerprint density at radius 1 is 1.07 bits per heavy atom. The van der Waals surface area contributed by atoms with E-state index >= 15 is 0 Å². The van der Waals surface area contributed by atoms with E-state index in [1.807, 2.05) is 12.1 Å². The van der Waals surface area contributed by atoms with E-state index < -0.39 is 21.8 Å². The van der Waals surface area contributed by atoms with Crippen LogP contribution in [0.15, 0.2) is 58.3 Å². The first kappa shape index (κ1) is 23.1. The van der Waals surface area contributed by atoms with Crippen molar-refractivity contribution in [3.63, 3.8) is 0 Å². The van der Waals surface area contributed by atoms with E-state index in [4.69, 9.17) is 0 Å². The van der Waals surface area contributed by atoms with Crippen LogP contribution in [0.1, 0.15) is 24.0 Å². The van der Waals surface area contributed by atoms with Gasteiger partial charge in [0.15, 0.2) is 0 Å². The number of nitrogens with zero attached hydrogens (tertiary/aromatic N) is 1. The van der Waals surface area contributed by atoms with Gasteiger partial charge in [0.1, 0.15) is 0 Å². The van der Waals surface area contributed by atoms with Crippen LogP contribution in [-0.4, -0.2) is 39.2 Å². The van der Waals surface area contributed by atoms with Gasteiger partial charge >= 0.3 is 6.18 Å². The number of piperidine rings is 1. The molecule has 0 bridgehead atoms. The fourth-order valence-corrected chi connectivity index (χ4v) is 5.28. The lowest BCUT2D eigenvalue weighted by atomic mass is 9.97. The third kappa shape index (κ3) is 6.00. The molecule has 1 fully saturated rings. The fourth-order valence-electron chi connectivity index (χ4n) is 3.56. The molecule has 164 valence electrons. The van der Waals surface area contributed by atoms with E-state index in [0.29, 0.717) is 6.54 Å². The number of hydrogen-bond donors (Lipinski definition) is 1. The van der Waals surface area contributed by atoms with Crippen molar-refractivity contribution in [2.75, 3.05) is 25.9 Å². The molecule has 0 atom stereocenters. The summed E-state index contributed by atoms with van der Waals surface area (Å²) in [5.41, 5.74) is 0.434. The third-order valence-electron chi connectivity index (χ3n) is 5.35. The Bertz CT molecular complexity index is 939. The first-order valence-corrected chi connectivity index (χ1v) is 12.4. The van der Waals surface area contributed by atoms with E-state index in [2.05, 4.69) is 28.0 Å². The minimum absolute atomic E-state index is 0.151. The highest BCUT2D eigenvalue weighted by Gasteiger charge is 2.30. The van der Waals surface area contributed by atoms with Crippen LogP contribution in [0.4, 0.5) is 13.2 Å². The molecule has 4 nitrogen and oxygen atoms in total. The maximum absolute atomic E-state index is 12.6. The van der Waals surface area contributed by atoms with Gasteiger partial charge < -0.3 is 0 Å². The summed E-state index contributed by atoms with van der Waals surface area (Å²) in [6.07, 6.45) is -0.679. The van der Waals surface area contributed by atoms with Gasteiger partial charge in [0.05, 0.1) is 10.5 Å². The molecule has 0 amide bonds. The number of likely N-dealkylation sites (tertiary alicyclic amines) is 1. The van der Waals surface area contributed by atoms with Gasteiger partial charge in [-0.1, -0.05) is 18.2 Å². The monoisotopic (exact) mass is 458 g/mol. The van der Waals surface area contributed by atoms with Crippen LogP contribution in [0, 0.1) is 5.92 Å². The Morgan fingerprint density at radius 3 is 2.30 bits per heavy atom. The molecule has 0 spiro atoms. The second kappa shape index (κ2) is 9.72. The van der Waals surface area contributed by atoms with Gasteiger partial charge in [-0.2, -0.15) is 13.2 Å². The summed E-state index contributed by atoms with van der Waals surface area (Å²) in [5, 5.41) is 0. The van der Waals surface area contributed by atoms with Gasteiger partial charge in [-0.3, -0.25) is 4.90 Å². The molecule has 2 aromatic carbocycles. The largest absolute Gasteiger partial charge is 0.416 e. The number of halogens is 3. The lowest BCUT2D eigenvalue weighted by Gasteiger charge is -2.32. The molecule has 0 aliphatic carbocycles. The Kier molecular flexibility index (Phi) is 7.49. The molecular formula is C21H25F3N2O2S2. The number of rotatable bonds is 7. The minimum Gasteiger partial charge on any atom is -0.299 e. The van der Waals surface area contributed by atoms with E-state index in [1.165, 1.54) is 10.5 Å². The first-order chi connectivity index (χ1) is 14.2. The zero-order chi connectivity index (χ0) is 21.8. The molecule has 1 N–H and O–H groups in total. The van der Waals surface area contributed by atoms with Crippen molar-refractivity contribution in [1.82, 2.24) is 9.62 Å². The van der Waals surface area contributed by atoms with E-state index in [1.54, 1.807) is 11.8 Å². The summed E-state index contributed by atoms with van der Waals surface area (Å²) in [7, 11) is -3.83. The second-order valence-corrected chi connectivity index (χ2v) is 10.0. The topological polar surface area (TPSA) is 49.4 Å². The van der Waals surface area contributed by atoms with Crippen LogP contribution in [0.2, 0.25) is 0 Å². The maximum Gasteiger partial charge on any atom is 0.416 e. The molecule has 1 saturated heterocycles. The molecule has 1 aliphatic heterocycles. The molecule has 0 aromatic heterocycles. The van der Waals surface area contributed by atoms with Gasteiger partial charge in [0.2, 0.25) is 10.0 Å². The first-order valence-electron chi connectivity index (χ1n) is 9.70. The molecule has 0 radical (unpaired) electrons. The zero-order valence-electron chi connectivity index (χ0n) is 16.7. The number of hydrogen-bond acceptors (Lipinski definition) is 4. The Hall–Kier alpha value is -1.55. The highest BCUT2D eigenvalue weighted by molar-refractivity contribution is 7.98. The number of nitrogens with one attached hydrogen (secondary N) is 1. The molecule has 9 heteroatoms. The summed E-state index contributed by atoms with van der Waals surface area (Å²) < 4.78 is 65.3. The molecular weight excluding hydrogens is 433 g/mol. The van der Waals surface area contributed by atoms with Crippen LogP contribution < -0.4 is 4.72 Å². The van der Waals surface area contributed by atoms with Crippen molar-refractivity contribution >= 4 is 21.8 Å². The Morgan fingerprint density at radius 2 is 1.70 bits per heavy atom. The quantitative estimate of drug-likeness (QED) is 0.616. The van der Waals surface area contributed by atoms with Crippen LogP contribution in [0.3, 0.4) is 0 Å². The van der Waals surface area contributed by atoms with Gasteiger partial charge in [-0.25, -0.2) is 13.1 Å². The van der Waals surface area contributed by atoms with Crippen LogP contribution in [0.5, 0.6) is 0 Å². The maximum atomic E-state index is 12.6. The predicted molar refractivity (Wildman–Crippen MR) is 113 cm³/mol. The van der Waals surface area contributed by atoms with Crippen molar-refractivity contribution in [2.24, 2.45) is 5.92 Å². The highest BCUT2D eigenvalue weighted by atomic mass is 32.2.